The molecular formula is C21H25NO5S. The second-order valence-corrected chi connectivity index (χ2v) is 8.92. The van der Waals surface area contributed by atoms with E-state index in [9.17, 15) is 8.42 Å². The molecule has 4 rings (SSSR count). The molecule has 1 aliphatic heterocycles. The van der Waals surface area contributed by atoms with Gasteiger partial charge in [-0.05, 0) is 54.7 Å². The smallest absolute Gasteiger partial charge is 0.240 e. The summed E-state index contributed by atoms with van der Waals surface area (Å²) in [4.78, 5) is 0.271. The molecule has 0 amide bonds. The summed E-state index contributed by atoms with van der Waals surface area (Å²) < 4.78 is 45.0. The van der Waals surface area contributed by atoms with Gasteiger partial charge in [0.2, 0.25) is 10.0 Å². The Bertz CT molecular complexity index is 895. The number of sulfonamides is 1. The minimum Gasteiger partial charge on any atom is -0.497 e. The van der Waals surface area contributed by atoms with Crippen LogP contribution in [0.25, 0.3) is 11.1 Å². The van der Waals surface area contributed by atoms with Crippen molar-refractivity contribution in [3.05, 3.63) is 48.5 Å². The Morgan fingerprint density at radius 1 is 0.893 bits per heavy atom. The van der Waals surface area contributed by atoms with E-state index in [0.717, 1.165) is 29.7 Å². The molecule has 1 saturated carbocycles. The third-order valence-corrected chi connectivity index (χ3v) is 6.92. The molecule has 1 aliphatic carbocycles. The maximum atomic E-state index is 12.8. The minimum absolute atomic E-state index is 0.0207. The summed E-state index contributed by atoms with van der Waals surface area (Å²) in [6.45, 7) is 1.20. The first-order valence-electron chi connectivity index (χ1n) is 9.55. The highest BCUT2D eigenvalue weighted by atomic mass is 32.2. The average molecular weight is 404 g/mol. The summed E-state index contributed by atoms with van der Waals surface area (Å²) in [5.41, 5.74) is 1.96. The number of nitrogens with one attached hydrogen (secondary N) is 1. The van der Waals surface area contributed by atoms with Gasteiger partial charge in [0.1, 0.15) is 5.75 Å². The predicted octanol–water partition coefficient (Wildman–Crippen LogP) is 2.98. The molecule has 6 nitrogen and oxygen atoms in total. The monoisotopic (exact) mass is 403 g/mol. The van der Waals surface area contributed by atoms with E-state index in [2.05, 4.69) is 4.72 Å². The molecule has 0 spiro atoms. The molecular weight excluding hydrogens is 378 g/mol. The maximum Gasteiger partial charge on any atom is 0.240 e. The predicted molar refractivity (Wildman–Crippen MR) is 106 cm³/mol. The summed E-state index contributed by atoms with van der Waals surface area (Å²) in [5.74, 6) is 0.786. The SMILES string of the molecule is COc1ccc(-c2ccc(S(=O)(=O)N[C@@H]3CC[C@@H]4OCCO[C@H]4C3)cc2)cc1. The van der Waals surface area contributed by atoms with Gasteiger partial charge in [0.15, 0.2) is 0 Å². The van der Waals surface area contributed by atoms with Gasteiger partial charge in [0.05, 0.1) is 37.4 Å². The van der Waals surface area contributed by atoms with E-state index < -0.39 is 10.0 Å². The van der Waals surface area contributed by atoms with Crippen LogP contribution >= 0.6 is 0 Å². The van der Waals surface area contributed by atoms with Gasteiger partial charge in [-0.15, -0.1) is 0 Å². The van der Waals surface area contributed by atoms with E-state index in [1.54, 1.807) is 19.2 Å². The zero-order valence-electron chi connectivity index (χ0n) is 15.8. The number of hydrogen-bond donors (Lipinski definition) is 1. The third kappa shape index (κ3) is 4.22. The van der Waals surface area contributed by atoms with Crippen LogP contribution in [0.1, 0.15) is 19.3 Å². The van der Waals surface area contributed by atoms with E-state index in [0.29, 0.717) is 19.6 Å². The normalized spacial score (nSPS) is 25.1. The third-order valence-electron chi connectivity index (χ3n) is 5.39. The standard InChI is InChI=1S/C21H25NO5S/c1-25-18-7-2-15(3-8-18)16-4-9-19(10-5-16)28(23,24)22-17-6-11-20-21(14-17)27-13-12-26-20/h2-5,7-10,17,20-22H,6,11-14H2,1H3/t17-,20+,21+/m1/s1. The average Bonchev–Trinajstić information content (AvgIpc) is 2.73. The van der Waals surface area contributed by atoms with Crippen LogP contribution in [0, 0.1) is 0 Å². The molecule has 1 saturated heterocycles. The lowest BCUT2D eigenvalue weighted by Crippen LogP contribution is -2.49. The Labute approximate surface area is 165 Å². The molecule has 0 bridgehead atoms. The van der Waals surface area contributed by atoms with Crippen molar-refractivity contribution < 1.29 is 22.6 Å². The molecule has 0 aromatic heterocycles. The van der Waals surface area contributed by atoms with Crippen molar-refractivity contribution in [3.8, 4) is 16.9 Å². The first kappa shape index (κ1) is 19.4. The number of fused-ring (bicyclic) bond motifs is 1. The Balaban J connectivity index is 1.44. The number of ether oxygens (including phenoxy) is 3. The largest absolute Gasteiger partial charge is 0.497 e. The topological polar surface area (TPSA) is 73.9 Å². The summed E-state index contributed by atoms with van der Waals surface area (Å²) in [6, 6.07) is 14.5. The van der Waals surface area contributed by atoms with Crippen LogP contribution in [0.4, 0.5) is 0 Å². The van der Waals surface area contributed by atoms with E-state index in [1.807, 2.05) is 36.4 Å². The fraction of sp³-hybridized carbons (Fsp3) is 0.429. The van der Waals surface area contributed by atoms with Crippen molar-refractivity contribution in [2.24, 2.45) is 0 Å². The van der Waals surface area contributed by atoms with Crippen molar-refractivity contribution >= 4 is 10.0 Å². The Kier molecular flexibility index (Phi) is 5.68. The quantitative estimate of drug-likeness (QED) is 0.831. The van der Waals surface area contributed by atoms with Crippen LogP contribution in [0.2, 0.25) is 0 Å². The van der Waals surface area contributed by atoms with Gasteiger partial charge in [0.25, 0.3) is 0 Å². The molecule has 2 aromatic carbocycles. The molecule has 0 unspecified atom stereocenters. The summed E-state index contributed by atoms with van der Waals surface area (Å²) >= 11 is 0. The van der Waals surface area contributed by atoms with E-state index in [4.69, 9.17) is 14.2 Å². The summed E-state index contributed by atoms with van der Waals surface area (Å²) in [5, 5.41) is 0. The van der Waals surface area contributed by atoms with Gasteiger partial charge in [-0.2, -0.15) is 0 Å². The Morgan fingerprint density at radius 2 is 1.50 bits per heavy atom. The summed E-state index contributed by atoms with van der Waals surface area (Å²) in [6.07, 6.45) is 2.29. The van der Waals surface area contributed by atoms with Gasteiger partial charge >= 0.3 is 0 Å². The highest BCUT2D eigenvalue weighted by Crippen LogP contribution is 2.28. The van der Waals surface area contributed by atoms with Crippen molar-refractivity contribution in [2.75, 3.05) is 20.3 Å². The molecule has 2 aromatic rings. The lowest BCUT2D eigenvalue weighted by molar-refractivity contribution is -0.156. The molecule has 3 atom stereocenters. The van der Waals surface area contributed by atoms with Crippen LogP contribution < -0.4 is 9.46 Å². The number of benzene rings is 2. The first-order valence-corrected chi connectivity index (χ1v) is 11.0. The molecule has 28 heavy (non-hydrogen) atoms. The van der Waals surface area contributed by atoms with Gasteiger partial charge in [-0.25, -0.2) is 13.1 Å². The van der Waals surface area contributed by atoms with Gasteiger partial charge in [-0.1, -0.05) is 24.3 Å². The van der Waals surface area contributed by atoms with Crippen LogP contribution in [-0.2, 0) is 19.5 Å². The van der Waals surface area contributed by atoms with Gasteiger partial charge in [0, 0.05) is 6.04 Å². The summed E-state index contributed by atoms with van der Waals surface area (Å²) in [7, 11) is -1.95. The minimum atomic E-state index is -3.57. The van der Waals surface area contributed by atoms with E-state index in [-0.39, 0.29) is 23.1 Å². The fourth-order valence-corrected chi connectivity index (χ4v) is 5.15. The highest BCUT2D eigenvalue weighted by Gasteiger charge is 2.35. The molecule has 0 radical (unpaired) electrons. The first-order chi connectivity index (χ1) is 13.5. The molecule has 1 N–H and O–H groups in total. The van der Waals surface area contributed by atoms with Crippen LogP contribution in [0.15, 0.2) is 53.4 Å². The second-order valence-electron chi connectivity index (χ2n) is 7.20. The number of methoxy groups -OCH3 is 1. The molecule has 150 valence electrons. The van der Waals surface area contributed by atoms with Crippen molar-refractivity contribution in [1.29, 1.82) is 0 Å². The zero-order chi connectivity index (χ0) is 19.6. The molecule has 7 heteroatoms. The Morgan fingerprint density at radius 3 is 2.14 bits per heavy atom. The highest BCUT2D eigenvalue weighted by molar-refractivity contribution is 7.89. The number of rotatable bonds is 5. The lowest BCUT2D eigenvalue weighted by Gasteiger charge is -2.38. The van der Waals surface area contributed by atoms with Crippen LogP contribution in [0.3, 0.4) is 0 Å². The Hall–Kier alpha value is -1.93. The van der Waals surface area contributed by atoms with Crippen LogP contribution in [-0.4, -0.2) is 47.0 Å². The van der Waals surface area contributed by atoms with E-state index >= 15 is 0 Å². The molecule has 2 aliphatic rings. The van der Waals surface area contributed by atoms with Crippen molar-refractivity contribution in [1.82, 2.24) is 4.72 Å². The molecule has 1 heterocycles. The lowest BCUT2D eigenvalue weighted by atomic mass is 9.90. The van der Waals surface area contributed by atoms with E-state index in [1.165, 1.54) is 0 Å². The van der Waals surface area contributed by atoms with Crippen molar-refractivity contribution in [3.63, 3.8) is 0 Å². The zero-order valence-corrected chi connectivity index (χ0v) is 16.7. The fourth-order valence-electron chi connectivity index (χ4n) is 3.87. The number of hydrogen-bond acceptors (Lipinski definition) is 5. The maximum absolute atomic E-state index is 12.8. The second kappa shape index (κ2) is 8.21. The van der Waals surface area contributed by atoms with Crippen molar-refractivity contribution in [2.45, 2.75) is 42.4 Å². The van der Waals surface area contributed by atoms with Gasteiger partial charge < -0.3 is 14.2 Å². The molecule has 2 fully saturated rings. The van der Waals surface area contributed by atoms with Crippen LogP contribution in [0.5, 0.6) is 5.75 Å². The van der Waals surface area contributed by atoms with Gasteiger partial charge in [-0.3, -0.25) is 0 Å².